The molecule has 0 bridgehead atoms. The van der Waals surface area contributed by atoms with Crippen LogP contribution in [-0.4, -0.2) is 5.16 Å². The highest BCUT2D eigenvalue weighted by Gasteiger charge is 2.17. The minimum absolute atomic E-state index is 0.0691. The Morgan fingerprint density at radius 1 is 1.38 bits per heavy atom. The number of nitrogens with two attached hydrogens (primary N) is 1. The van der Waals surface area contributed by atoms with Gasteiger partial charge in [0.05, 0.1) is 5.02 Å². The zero-order chi connectivity index (χ0) is 11.9. The van der Waals surface area contributed by atoms with Gasteiger partial charge < -0.3 is 10.3 Å². The van der Waals surface area contributed by atoms with Gasteiger partial charge in [0, 0.05) is 11.6 Å². The van der Waals surface area contributed by atoms with Crippen molar-refractivity contribution in [3.05, 3.63) is 34.1 Å². The standard InChI is InChI=1S/C11H10ClFN2O/c1-5-3-7(12)11(13)10(6(5)2)8-4-9(14)16-15-8/h3-4H,14H2,1-2H3. The summed E-state index contributed by atoms with van der Waals surface area (Å²) in [6.45, 7) is 3.66. The first-order chi connectivity index (χ1) is 7.50. The Morgan fingerprint density at radius 2 is 2.06 bits per heavy atom. The molecule has 1 heterocycles. The van der Waals surface area contributed by atoms with E-state index in [4.69, 9.17) is 21.9 Å². The van der Waals surface area contributed by atoms with Crippen LogP contribution in [0.1, 0.15) is 11.1 Å². The van der Waals surface area contributed by atoms with Crippen LogP contribution < -0.4 is 5.73 Å². The third-order valence-corrected chi connectivity index (χ3v) is 2.80. The highest BCUT2D eigenvalue weighted by molar-refractivity contribution is 6.31. The molecule has 0 aliphatic rings. The fourth-order valence-electron chi connectivity index (χ4n) is 1.55. The summed E-state index contributed by atoms with van der Waals surface area (Å²) in [4.78, 5) is 0. The van der Waals surface area contributed by atoms with Gasteiger partial charge in [-0.2, -0.15) is 0 Å². The van der Waals surface area contributed by atoms with Gasteiger partial charge >= 0.3 is 0 Å². The first-order valence-electron chi connectivity index (χ1n) is 4.68. The summed E-state index contributed by atoms with van der Waals surface area (Å²) < 4.78 is 18.6. The molecule has 16 heavy (non-hydrogen) atoms. The summed E-state index contributed by atoms with van der Waals surface area (Å²) in [7, 11) is 0. The summed E-state index contributed by atoms with van der Waals surface area (Å²) in [6, 6.07) is 3.06. The normalized spacial score (nSPS) is 10.8. The predicted molar refractivity (Wildman–Crippen MR) is 60.8 cm³/mol. The average Bonchev–Trinajstić information content (AvgIpc) is 2.62. The van der Waals surface area contributed by atoms with Gasteiger partial charge in [0.2, 0.25) is 5.88 Å². The van der Waals surface area contributed by atoms with Crippen LogP contribution in [0.15, 0.2) is 16.7 Å². The van der Waals surface area contributed by atoms with E-state index in [0.29, 0.717) is 11.3 Å². The molecule has 0 radical (unpaired) electrons. The van der Waals surface area contributed by atoms with Crippen molar-refractivity contribution in [3.63, 3.8) is 0 Å². The first kappa shape index (κ1) is 11.0. The van der Waals surface area contributed by atoms with E-state index in [-0.39, 0.29) is 10.9 Å². The topological polar surface area (TPSA) is 52.0 Å². The monoisotopic (exact) mass is 240 g/mol. The minimum atomic E-state index is -0.502. The highest BCUT2D eigenvalue weighted by atomic mass is 35.5. The van der Waals surface area contributed by atoms with E-state index in [0.717, 1.165) is 11.1 Å². The maximum absolute atomic E-state index is 13.9. The van der Waals surface area contributed by atoms with Crippen molar-refractivity contribution in [2.75, 3.05) is 5.73 Å². The van der Waals surface area contributed by atoms with Crippen molar-refractivity contribution >= 4 is 17.5 Å². The molecule has 0 amide bonds. The molecule has 0 aliphatic carbocycles. The fourth-order valence-corrected chi connectivity index (χ4v) is 1.81. The predicted octanol–water partition coefficient (Wildman–Crippen LogP) is 3.33. The first-order valence-corrected chi connectivity index (χ1v) is 5.06. The molecule has 2 aromatic rings. The van der Waals surface area contributed by atoms with Gasteiger partial charge in [0.1, 0.15) is 5.69 Å². The van der Waals surface area contributed by atoms with Crippen LogP contribution in [0.25, 0.3) is 11.3 Å². The molecule has 0 unspecified atom stereocenters. The fraction of sp³-hybridized carbons (Fsp3) is 0.182. The van der Waals surface area contributed by atoms with Crippen molar-refractivity contribution in [2.24, 2.45) is 0 Å². The van der Waals surface area contributed by atoms with Crippen LogP contribution in [0.3, 0.4) is 0 Å². The highest BCUT2D eigenvalue weighted by Crippen LogP contribution is 2.33. The van der Waals surface area contributed by atoms with Gasteiger partial charge in [-0.3, -0.25) is 0 Å². The van der Waals surface area contributed by atoms with Crippen molar-refractivity contribution in [2.45, 2.75) is 13.8 Å². The van der Waals surface area contributed by atoms with Crippen LogP contribution in [0.5, 0.6) is 0 Å². The van der Waals surface area contributed by atoms with E-state index in [2.05, 4.69) is 5.16 Å². The minimum Gasteiger partial charge on any atom is -0.368 e. The second-order valence-corrected chi connectivity index (χ2v) is 4.01. The van der Waals surface area contributed by atoms with Gasteiger partial charge in [0.25, 0.3) is 0 Å². The molecule has 1 aromatic carbocycles. The van der Waals surface area contributed by atoms with Crippen LogP contribution >= 0.6 is 11.6 Å². The summed E-state index contributed by atoms with van der Waals surface area (Å²) in [5.74, 6) is -0.357. The Morgan fingerprint density at radius 3 is 2.62 bits per heavy atom. The van der Waals surface area contributed by atoms with Crippen LogP contribution in [0.4, 0.5) is 10.3 Å². The number of hydrogen-bond acceptors (Lipinski definition) is 3. The Hall–Kier alpha value is -1.55. The molecule has 84 valence electrons. The number of aromatic nitrogens is 1. The molecule has 1 aromatic heterocycles. The van der Waals surface area contributed by atoms with Crippen molar-refractivity contribution < 1.29 is 8.91 Å². The summed E-state index contributed by atoms with van der Waals surface area (Å²) in [6.07, 6.45) is 0. The number of aryl methyl sites for hydroxylation is 1. The smallest absolute Gasteiger partial charge is 0.222 e. The third-order valence-electron chi connectivity index (χ3n) is 2.52. The number of hydrogen-bond donors (Lipinski definition) is 1. The Balaban J connectivity index is 2.73. The largest absolute Gasteiger partial charge is 0.368 e. The van der Waals surface area contributed by atoms with Crippen LogP contribution in [0, 0.1) is 19.7 Å². The molecule has 0 saturated heterocycles. The molecule has 0 saturated carbocycles. The summed E-state index contributed by atoms with van der Waals surface area (Å²) >= 11 is 5.78. The van der Waals surface area contributed by atoms with Crippen LogP contribution in [-0.2, 0) is 0 Å². The number of anilines is 1. The zero-order valence-corrected chi connectivity index (χ0v) is 9.60. The number of benzene rings is 1. The molecule has 2 rings (SSSR count). The van der Waals surface area contributed by atoms with E-state index in [1.165, 1.54) is 6.07 Å². The Kier molecular flexibility index (Phi) is 2.59. The zero-order valence-electron chi connectivity index (χ0n) is 8.84. The average molecular weight is 241 g/mol. The number of rotatable bonds is 1. The van der Waals surface area contributed by atoms with E-state index in [1.54, 1.807) is 13.0 Å². The Labute approximate surface area is 97.0 Å². The lowest BCUT2D eigenvalue weighted by atomic mass is 10.0. The lowest BCUT2D eigenvalue weighted by Gasteiger charge is -2.08. The molecular formula is C11H10ClFN2O. The summed E-state index contributed by atoms with van der Waals surface area (Å²) in [5, 5.41) is 3.76. The molecule has 2 N–H and O–H groups in total. The van der Waals surface area contributed by atoms with Gasteiger partial charge in [-0.25, -0.2) is 4.39 Å². The molecule has 5 heteroatoms. The molecular weight excluding hydrogens is 231 g/mol. The summed E-state index contributed by atoms with van der Waals surface area (Å²) in [5.41, 5.74) is 7.77. The number of nitrogens with zero attached hydrogens (tertiary/aromatic N) is 1. The molecule has 0 aliphatic heterocycles. The van der Waals surface area contributed by atoms with Crippen LogP contribution in [0.2, 0.25) is 5.02 Å². The lowest BCUT2D eigenvalue weighted by Crippen LogP contribution is -1.94. The molecule has 3 nitrogen and oxygen atoms in total. The number of halogens is 2. The van der Waals surface area contributed by atoms with E-state index >= 15 is 0 Å². The second kappa shape index (κ2) is 3.79. The van der Waals surface area contributed by atoms with E-state index in [1.807, 2.05) is 6.92 Å². The lowest BCUT2D eigenvalue weighted by molar-refractivity contribution is 0.438. The maximum atomic E-state index is 13.9. The molecule has 0 atom stereocenters. The Bertz CT molecular complexity index is 525. The SMILES string of the molecule is Cc1cc(Cl)c(F)c(-c2cc(N)on2)c1C. The van der Waals surface area contributed by atoms with Crippen molar-refractivity contribution in [3.8, 4) is 11.3 Å². The number of nitrogen functional groups attached to an aromatic ring is 1. The van der Waals surface area contributed by atoms with Gasteiger partial charge in [0.15, 0.2) is 5.82 Å². The van der Waals surface area contributed by atoms with Crippen molar-refractivity contribution in [1.82, 2.24) is 5.16 Å². The second-order valence-electron chi connectivity index (χ2n) is 3.60. The van der Waals surface area contributed by atoms with Gasteiger partial charge in [-0.1, -0.05) is 16.8 Å². The maximum Gasteiger partial charge on any atom is 0.222 e. The van der Waals surface area contributed by atoms with E-state index in [9.17, 15) is 4.39 Å². The quantitative estimate of drug-likeness (QED) is 0.832. The molecule has 0 spiro atoms. The van der Waals surface area contributed by atoms with Gasteiger partial charge in [-0.15, -0.1) is 0 Å². The third kappa shape index (κ3) is 1.65. The van der Waals surface area contributed by atoms with Gasteiger partial charge in [-0.05, 0) is 31.0 Å². The molecule has 0 fully saturated rings. The van der Waals surface area contributed by atoms with Crippen molar-refractivity contribution in [1.29, 1.82) is 0 Å². The van der Waals surface area contributed by atoms with E-state index < -0.39 is 5.82 Å².